The van der Waals surface area contributed by atoms with Crippen LogP contribution in [0.15, 0.2) is 0 Å². The number of hydrogen-bond acceptors (Lipinski definition) is 7. The van der Waals surface area contributed by atoms with Crippen molar-refractivity contribution >= 4 is 35.6 Å². The van der Waals surface area contributed by atoms with E-state index in [4.69, 9.17) is 21.7 Å². The molecule has 2 unspecified atom stereocenters. The molecule has 0 spiro atoms. The molecule has 0 aliphatic carbocycles. The number of nitrogens with two attached hydrogens (primary N) is 2. The summed E-state index contributed by atoms with van der Waals surface area (Å²) in [5.74, 6) is -5.90. The highest BCUT2D eigenvalue weighted by atomic mass is 16.4. The third-order valence-electron chi connectivity index (χ3n) is 2.90. The first-order chi connectivity index (χ1) is 12.0. The van der Waals surface area contributed by atoms with E-state index in [2.05, 4.69) is 10.6 Å². The minimum absolute atomic E-state index is 0.182. The third-order valence-corrected chi connectivity index (χ3v) is 2.90. The molecule has 0 saturated carbocycles. The Kier molecular flexibility index (Phi) is 9.95. The van der Waals surface area contributed by atoms with Gasteiger partial charge in [0.25, 0.3) is 0 Å². The van der Waals surface area contributed by atoms with Crippen molar-refractivity contribution in [3.05, 3.63) is 0 Å². The van der Waals surface area contributed by atoms with Gasteiger partial charge in [-0.1, -0.05) is 0 Å². The molecule has 0 aromatic rings. The molecule has 0 aromatic heterocycles. The van der Waals surface area contributed by atoms with Crippen molar-refractivity contribution in [2.24, 2.45) is 11.5 Å². The molecule has 13 nitrogen and oxygen atoms in total. The van der Waals surface area contributed by atoms with Crippen LogP contribution in [0.1, 0.15) is 19.3 Å². The van der Waals surface area contributed by atoms with E-state index in [-0.39, 0.29) is 12.8 Å². The first-order valence-corrected chi connectivity index (χ1v) is 7.35. The van der Waals surface area contributed by atoms with Crippen LogP contribution >= 0.6 is 0 Å². The number of carboxylic acids is 2. The van der Waals surface area contributed by atoms with Gasteiger partial charge >= 0.3 is 11.9 Å². The minimum atomic E-state index is -1.36. The monoisotopic (exact) mass is 375 g/mol. The van der Waals surface area contributed by atoms with Gasteiger partial charge in [-0.05, 0) is 6.42 Å². The Labute approximate surface area is 147 Å². The van der Waals surface area contributed by atoms with E-state index in [1.807, 2.05) is 5.32 Å². The first-order valence-electron chi connectivity index (χ1n) is 7.35. The molecule has 4 amide bonds. The predicted octanol–water partition coefficient (Wildman–Crippen LogP) is -4.14. The quantitative estimate of drug-likeness (QED) is 0.175. The van der Waals surface area contributed by atoms with Crippen molar-refractivity contribution in [3.63, 3.8) is 0 Å². The second kappa shape index (κ2) is 11.4. The molecule has 26 heavy (non-hydrogen) atoms. The number of carbonyl (C=O) groups excluding carboxylic acids is 4. The van der Waals surface area contributed by atoms with Crippen molar-refractivity contribution in [3.8, 4) is 0 Å². The molecule has 0 heterocycles. The summed E-state index contributed by atoms with van der Waals surface area (Å²) in [5.41, 5.74) is 10.3. The van der Waals surface area contributed by atoms with Crippen LogP contribution in [0.5, 0.6) is 0 Å². The Morgan fingerprint density at radius 1 is 0.885 bits per heavy atom. The molecular formula is C13H21N5O8. The summed E-state index contributed by atoms with van der Waals surface area (Å²) in [6.07, 6.45) is -1.06. The van der Waals surface area contributed by atoms with E-state index < -0.39 is 67.2 Å². The number of hydrogen-bond donors (Lipinski definition) is 7. The number of aliphatic carboxylic acids is 2. The number of rotatable bonds is 12. The van der Waals surface area contributed by atoms with Gasteiger partial charge in [-0.25, -0.2) is 0 Å². The van der Waals surface area contributed by atoms with Gasteiger partial charge in [0, 0.05) is 6.42 Å². The van der Waals surface area contributed by atoms with Crippen molar-refractivity contribution in [1.29, 1.82) is 0 Å². The van der Waals surface area contributed by atoms with E-state index in [0.717, 1.165) is 0 Å². The van der Waals surface area contributed by atoms with Crippen LogP contribution in [0.25, 0.3) is 0 Å². The van der Waals surface area contributed by atoms with Gasteiger partial charge in [0.1, 0.15) is 12.6 Å². The second-order valence-corrected chi connectivity index (χ2v) is 5.16. The van der Waals surface area contributed by atoms with Crippen LogP contribution in [0.4, 0.5) is 0 Å². The summed E-state index contributed by atoms with van der Waals surface area (Å²) in [4.78, 5) is 66.9. The lowest BCUT2D eigenvalue weighted by Crippen LogP contribution is -2.51. The molecule has 0 radical (unpaired) electrons. The van der Waals surface area contributed by atoms with Crippen molar-refractivity contribution < 1.29 is 39.0 Å². The largest absolute Gasteiger partial charge is 0.481 e. The predicted molar refractivity (Wildman–Crippen MR) is 84.2 cm³/mol. The summed E-state index contributed by atoms with van der Waals surface area (Å²) in [6, 6.07) is -2.61. The molecule has 0 aliphatic rings. The first kappa shape index (κ1) is 22.8. The van der Waals surface area contributed by atoms with Gasteiger partial charge in [-0.3, -0.25) is 28.8 Å². The number of nitrogens with one attached hydrogen (secondary N) is 3. The number of primary amides is 1. The highest BCUT2D eigenvalue weighted by molar-refractivity contribution is 5.92. The normalized spacial score (nSPS) is 12.3. The van der Waals surface area contributed by atoms with Crippen LogP contribution in [0, 0.1) is 0 Å². The average Bonchev–Trinajstić information content (AvgIpc) is 2.53. The zero-order valence-corrected chi connectivity index (χ0v) is 13.7. The fraction of sp³-hybridized carbons (Fsp3) is 0.538. The van der Waals surface area contributed by atoms with E-state index >= 15 is 0 Å². The fourth-order valence-electron chi connectivity index (χ4n) is 1.67. The second-order valence-electron chi connectivity index (χ2n) is 5.16. The van der Waals surface area contributed by atoms with Gasteiger partial charge in [0.2, 0.25) is 23.6 Å². The van der Waals surface area contributed by atoms with Gasteiger partial charge in [0.15, 0.2) is 0 Å². The van der Waals surface area contributed by atoms with Crippen molar-refractivity contribution in [1.82, 2.24) is 16.0 Å². The molecular weight excluding hydrogens is 354 g/mol. The Balaban J connectivity index is 4.62. The van der Waals surface area contributed by atoms with Gasteiger partial charge in [-0.15, -0.1) is 0 Å². The lowest BCUT2D eigenvalue weighted by atomic mass is 10.1. The Morgan fingerprint density at radius 2 is 1.46 bits per heavy atom. The zero-order chi connectivity index (χ0) is 20.3. The topological polar surface area (TPSA) is 231 Å². The van der Waals surface area contributed by atoms with E-state index in [1.54, 1.807) is 0 Å². The summed E-state index contributed by atoms with van der Waals surface area (Å²) < 4.78 is 0. The van der Waals surface area contributed by atoms with E-state index in [1.165, 1.54) is 0 Å². The molecule has 9 N–H and O–H groups in total. The van der Waals surface area contributed by atoms with E-state index in [9.17, 15) is 28.8 Å². The van der Waals surface area contributed by atoms with Crippen LogP contribution in [-0.4, -0.2) is 71.0 Å². The lowest BCUT2D eigenvalue weighted by Gasteiger charge is -2.18. The third kappa shape index (κ3) is 10.5. The molecule has 0 rings (SSSR count). The number of carboxylic acid groups (broad SMARTS) is 2. The molecule has 0 saturated heterocycles. The number of carbonyl (C=O) groups is 6. The molecule has 13 heteroatoms. The van der Waals surface area contributed by atoms with E-state index in [0.29, 0.717) is 0 Å². The highest BCUT2D eigenvalue weighted by Crippen LogP contribution is 1.98. The van der Waals surface area contributed by atoms with Gasteiger partial charge < -0.3 is 37.6 Å². The summed E-state index contributed by atoms with van der Waals surface area (Å²) in [6.45, 7) is -1.30. The highest BCUT2D eigenvalue weighted by Gasteiger charge is 2.23. The average molecular weight is 375 g/mol. The maximum Gasteiger partial charge on any atom is 0.322 e. The summed E-state index contributed by atoms with van der Waals surface area (Å²) in [5, 5.41) is 23.4. The summed E-state index contributed by atoms with van der Waals surface area (Å²) in [7, 11) is 0. The fourth-order valence-corrected chi connectivity index (χ4v) is 1.67. The van der Waals surface area contributed by atoms with Crippen molar-refractivity contribution in [2.45, 2.75) is 31.3 Å². The number of amides is 4. The molecule has 0 aromatic carbocycles. The Bertz CT molecular complexity index is 579. The molecule has 146 valence electrons. The van der Waals surface area contributed by atoms with Gasteiger partial charge in [-0.2, -0.15) is 0 Å². The molecule has 0 fully saturated rings. The minimum Gasteiger partial charge on any atom is -0.481 e. The molecule has 2 atom stereocenters. The van der Waals surface area contributed by atoms with Crippen molar-refractivity contribution in [2.75, 3.05) is 13.1 Å². The van der Waals surface area contributed by atoms with Crippen LogP contribution in [-0.2, 0) is 28.8 Å². The Hall–Kier alpha value is -3.22. The summed E-state index contributed by atoms with van der Waals surface area (Å²) >= 11 is 0. The molecule has 0 aliphatic heterocycles. The zero-order valence-electron chi connectivity index (χ0n) is 13.7. The van der Waals surface area contributed by atoms with Crippen LogP contribution < -0.4 is 27.4 Å². The molecule has 0 bridgehead atoms. The van der Waals surface area contributed by atoms with Gasteiger partial charge in [0.05, 0.1) is 19.0 Å². The standard InChI is InChI=1S/C13H21N5O8/c14-6(3-10(21)22)12(25)16-4-9(20)18-7(1-2-8(15)19)13(26)17-5-11(23)24/h6-7H,1-5,14H2,(H2,15,19)(H,16,25)(H,17,26)(H,18,20)(H,21,22)(H,23,24). The maximum absolute atomic E-state index is 11.8. The smallest absolute Gasteiger partial charge is 0.322 e. The van der Waals surface area contributed by atoms with Crippen LogP contribution in [0.3, 0.4) is 0 Å². The SMILES string of the molecule is NC(=O)CCC(NC(=O)CNC(=O)C(N)CC(=O)O)C(=O)NCC(=O)O. The maximum atomic E-state index is 11.8. The lowest BCUT2D eigenvalue weighted by molar-refractivity contribution is -0.139. The Morgan fingerprint density at radius 3 is 1.96 bits per heavy atom. The van der Waals surface area contributed by atoms with Crippen LogP contribution in [0.2, 0.25) is 0 Å².